The van der Waals surface area contributed by atoms with E-state index < -0.39 is 25.6 Å². The minimum absolute atomic E-state index is 0.00252. The van der Waals surface area contributed by atoms with Crippen LogP contribution in [0.3, 0.4) is 0 Å². The Labute approximate surface area is 123 Å². The highest BCUT2D eigenvalue weighted by Gasteiger charge is 2.08. The van der Waals surface area contributed by atoms with Gasteiger partial charge < -0.3 is 14.3 Å². The van der Waals surface area contributed by atoms with Gasteiger partial charge in [-0.25, -0.2) is 13.2 Å². The molecule has 19 heavy (non-hydrogen) atoms. The standard InChI is InChI=1S/C9H16INO7S/c1-2-16-9(13)7-17-8(12)6-11-18-4-3-5-19(10,14)15/h11H,2-7H2,1H3. The van der Waals surface area contributed by atoms with Gasteiger partial charge in [-0.1, -0.05) is 0 Å². The summed E-state index contributed by atoms with van der Waals surface area (Å²) in [4.78, 5) is 26.7. The Balaban J connectivity index is 3.46. The Kier molecular flexibility index (Phi) is 10.1. The minimum Gasteiger partial charge on any atom is -0.463 e. The second kappa shape index (κ2) is 10.3. The number of esters is 2. The molecule has 0 aliphatic rings. The zero-order chi connectivity index (χ0) is 14.7. The number of hydroxylamine groups is 1. The lowest BCUT2D eigenvalue weighted by Crippen LogP contribution is -2.27. The summed E-state index contributed by atoms with van der Waals surface area (Å²) < 4.78 is 30.7. The van der Waals surface area contributed by atoms with Gasteiger partial charge in [-0.15, -0.1) is 0 Å². The summed E-state index contributed by atoms with van der Waals surface area (Å²) in [5.74, 6) is -1.29. The lowest BCUT2D eigenvalue weighted by Gasteiger charge is -2.06. The van der Waals surface area contributed by atoms with Crippen LogP contribution in [0.25, 0.3) is 0 Å². The van der Waals surface area contributed by atoms with Gasteiger partial charge in [0.1, 0.15) is 6.54 Å². The topological polar surface area (TPSA) is 108 Å². The summed E-state index contributed by atoms with van der Waals surface area (Å²) in [6.07, 6.45) is 0.316. The van der Waals surface area contributed by atoms with Crippen molar-refractivity contribution in [1.29, 1.82) is 0 Å². The number of hydrogen-bond donors (Lipinski definition) is 1. The fourth-order valence-corrected chi connectivity index (χ4v) is 2.28. The molecule has 0 rings (SSSR count). The second-order valence-corrected chi connectivity index (χ2v) is 8.74. The van der Waals surface area contributed by atoms with Gasteiger partial charge in [-0.2, -0.15) is 5.48 Å². The van der Waals surface area contributed by atoms with Crippen molar-refractivity contribution in [3.05, 3.63) is 0 Å². The highest BCUT2D eigenvalue weighted by molar-refractivity contribution is 14.2. The molecule has 10 heteroatoms. The van der Waals surface area contributed by atoms with Crippen LogP contribution in [0.1, 0.15) is 13.3 Å². The molecule has 8 nitrogen and oxygen atoms in total. The van der Waals surface area contributed by atoms with Crippen LogP contribution in [0.5, 0.6) is 0 Å². The number of carbonyl (C=O) groups is 2. The fourth-order valence-electron chi connectivity index (χ4n) is 0.879. The van der Waals surface area contributed by atoms with Crippen LogP contribution in [-0.4, -0.2) is 52.5 Å². The number of rotatable bonds is 10. The van der Waals surface area contributed by atoms with E-state index in [1.165, 1.54) is 21.2 Å². The highest BCUT2D eigenvalue weighted by Crippen LogP contribution is 2.02. The Morgan fingerprint density at radius 2 is 1.89 bits per heavy atom. The van der Waals surface area contributed by atoms with E-state index in [1.54, 1.807) is 6.92 Å². The number of halogens is 1. The Morgan fingerprint density at radius 3 is 2.47 bits per heavy atom. The van der Waals surface area contributed by atoms with E-state index in [2.05, 4.69) is 15.0 Å². The molecule has 0 saturated carbocycles. The molecule has 0 fully saturated rings. The van der Waals surface area contributed by atoms with Gasteiger partial charge in [0.15, 0.2) is 6.61 Å². The van der Waals surface area contributed by atoms with Crippen LogP contribution in [0.4, 0.5) is 0 Å². The quantitative estimate of drug-likeness (QED) is 0.173. The van der Waals surface area contributed by atoms with Gasteiger partial charge >= 0.3 is 11.9 Å². The summed E-state index contributed by atoms with van der Waals surface area (Å²) in [6.45, 7) is 1.33. The first-order valence-corrected chi connectivity index (χ1v) is 9.63. The van der Waals surface area contributed by atoms with E-state index in [0.29, 0.717) is 6.42 Å². The molecule has 0 unspecified atom stereocenters. The SMILES string of the molecule is CCOC(=O)COC(=O)CNOCCCS(=O)(=O)I. The largest absolute Gasteiger partial charge is 0.463 e. The summed E-state index contributed by atoms with van der Waals surface area (Å²) in [5.41, 5.74) is 2.30. The van der Waals surface area contributed by atoms with Crippen LogP contribution < -0.4 is 5.48 Å². The highest BCUT2D eigenvalue weighted by atomic mass is 127. The zero-order valence-corrected chi connectivity index (χ0v) is 13.4. The van der Waals surface area contributed by atoms with E-state index in [1.807, 2.05) is 0 Å². The molecule has 112 valence electrons. The van der Waals surface area contributed by atoms with Gasteiger partial charge in [-0.3, -0.25) is 4.79 Å². The average molecular weight is 409 g/mol. The molecule has 0 heterocycles. The molecule has 0 saturated heterocycles. The second-order valence-electron chi connectivity index (χ2n) is 3.23. The van der Waals surface area contributed by atoms with E-state index in [0.717, 1.165) is 0 Å². The maximum atomic E-state index is 11.1. The molecule has 0 aliphatic carbocycles. The van der Waals surface area contributed by atoms with E-state index in [-0.39, 0.29) is 25.5 Å². The lowest BCUT2D eigenvalue weighted by atomic mass is 10.5. The van der Waals surface area contributed by atoms with Gasteiger partial charge in [0.05, 0.1) is 40.2 Å². The van der Waals surface area contributed by atoms with Crippen molar-refractivity contribution < 1.29 is 32.3 Å². The van der Waals surface area contributed by atoms with E-state index in [4.69, 9.17) is 4.84 Å². The normalized spacial score (nSPS) is 11.1. The lowest BCUT2D eigenvalue weighted by molar-refractivity contribution is -0.159. The van der Waals surface area contributed by atoms with Crippen molar-refractivity contribution in [3.63, 3.8) is 0 Å². The maximum absolute atomic E-state index is 11.1. The van der Waals surface area contributed by atoms with Gasteiger partial charge in [0.25, 0.3) is 0 Å². The van der Waals surface area contributed by atoms with Crippen molar-refractivity contribution in [2.45, 2.75) is 13.3 Å². The monoisotopic (exact) mass is 409 g/mol. The van der Waals surface area contributed by atoms with Gasteiger partial charge in [0, 0.05) is 0 Å². The van der Waals surface area contributed by atoms with Crippen molar-refractivity contribution in [3.8, 4) is 0 Å². The molecule has 0 aromatic carbocycles. The number of nitrogens with one attached hydrogen (secondary N) is 1. The number of carbonyl (C=O) groups excluding carboxylic acids is 2. The minimum atomic E-state index is -3.03. The van der Waals surface area contributed by atoms with Crippen LogP contribution in [0, 0.1) is 0 Å². The summed E-state index contributed by atoms with van der Waals surface area (Å²) in [7, 11) is -3.03. The molecule has 0 amide bonds. The van der Waals surface area contributed by atoms with Crippen LogP contribution >= 0.6 is 21.2 Å². The third-order valence-electron chi connectivity index (χ3n) is 1.61. The average Bonchev–Trinajstić information content (AvgIpc) is 2.30. The summed E-state index contributed by atoms with van der Waals surface area (Å²) >= 11 is 1.35. The summed E-state index contributed by atoms with van der Waals surface area (Å²) in [5, 5.41) is 0. The molecular formula is C9H16INO7S. The third kappa shape index (κ3) is 13.8. The van der Waals surface area contributed by atoms with Crippen LogP contribution in [0.2, 0.25) is 0 Å². The smallest absolute Gasteiger partial charge is 0.344 e. The Morgan fingerprint density at radius 1 is 1.21 bits per heavy atom. The van der Waals surface area contributed by atoms with Crippen molar-refractivity contribution in [2.24, 2.45) is 0 Å². The molecule has 0 spiro atoms. The van der Waals surface area contributed by atoms with E-state index >= 15 is 0 Å². The number of ether oxygens (including phenoxy) is 2. The molecule has 0 atom stereocenters. The first-order chi connectivity index (χ1) is 8.85. The van der Waals surface area contributed by atoms with Crippen molar-refractivity contribution in [1.82, 2.24) is 5.48 Å². The molecule has 0 bridgehead atoms. The molecule has 1 N–H and O–H groups in total. The number of hydrogen-bond acceptors (Lipinski definition) is 8. The maximum Gasteiger partial charge on any atom is 0.344 e. The molecule has 0 aromatic heterocycles. The fraction of sp³-hybridized carbons (Fsp3) is 0.778. The molecule has 0 aliphatic heterocycles. The van der Waals surface area contributed by atoms with Crippen LogP contribution in [0.15, 0.2) is 0 Å². The van der Waals surface area contributed by atoms with Crippen molar-refractivity contribution >= 4 is 40.2 Å². The Bertz CT molecular complexity index is 384. The predicted octanol–water partition coefficient (Wildman–Crippen LogP) is -0.231. The molecule has 0 aromatic rings. The van der Waals surface area contributed by atoms with Crippen LogP contribution in [-0.2, 0) is 30.9 Å². The predicted molar refractivity (Wildman–Crippen MR) is 74.0 cm³/mol. The Hall–Kier alpha value is -0.460. The zero-order valence-electron chi connectivity index (χ0n) is 10.4. The van der Waals surface area contributed by atoms with Gasteiger partial charge in [-0.05, 0) is 13.3 Å². The summed E-state index contributed by atoms with van der Waals surface area (Å²) in [6, 6.07) is 0. The van der Waals surface area contributed by atoms with Crippen molar-refractivity contribution in [2.75, 3.05) is 32.1 Å². The third-order valence-corrected chi connectivity index (χ3v) is 3.71. The van der Waals surface area contributed by atoms with E-state index in [9.17, 15) is 18.0 Å². The molecular weight excluding hydrogens is 393 g/mol. The first kappa shape index (κ1) is 18.5. The first-order valence-electron chi connectivity index (χ1n) is 5.43. The molecule has 0 radical (unpaired) electrons. The van der Waals surface area contributed by atoms with Gasteiger partial charge in [0.2, 0.25) is 7.01 Å².